The zero-order valence-electron chi connectivity index (χ0n) is 17.8. The van der Waals surface area contributed by atoms with Crippen molar-refractivity contribution in [2.75, 3.05) is 44.8 Å². The Morgan fingerprint density at radius 2 is 1.84 bits per heavy atom. The van der Waals surface area contributed by atoms with Crippen LogP contribution in [-0.2, 0) is 6.18 Å². The van der Waals surface area contributed by atoms with Gasteiger partial charge < -0.3 is 24.4 Å². The van der Waals surface area contributed by atoms with E-state index in [1.807, 2.05) is 0 Å². The molecule has 9 heteroatoms. The van der Waals surface area contributed by atoms with Crippen molar-refractivity contribution in [2.24, 2.45) is 5.92 Å². The van der Waals surface area contributed by atoms with Crippen molar-refractivity contribution in [3.63, 3.8) is 0 Å². The molecule has 5 nitrogen and oxygen atoms in total. The second kappa shape index (κ2) is 9.44. The molecule has 32 heavy (non-hydrogen) atoms. The molecule has 174 valence electrons. The number of anilines is 1. The molecular formula is C23H26F4N2O3. The van der Waals surface area contributed by atoms with Gasteiger partial charge in [-0.3, -0.25) is 0 Å². The van der Waals surface area contributed by atoms with Crippen molar-refractivity contribution < 1.29 is 31.8 Å². The molecule has 0 amide bonds. The van der Waals surface area contributed by atoms with Gasteiger partial charge in [-0.05, 0) is 55.6 Å². The van der Waals surface area contributed by atoms with Gasteiger partial charge in [-0.1, -0.05) is 0 Å². The van der Waals surface area contributed by atoms with Crippen LogP contribution in [0.15, 0.2) is 36.4 Å². The van der Waals surface area contributed by atoms with Gasteiger partial charge in [0, 0.05) is 25.7 Å². The monoisotopic (exact) mass is 454 g/mol. The Morgan fingerprint density at radius 3 is 2.56 bits per heavy atom. The topological polar surface area (TPSA) is 43.0 Å². The van der Waals surface area contributed by atoms with Crippen LogP contribution < -0.4 is 24.4 Å². The number of nitrogens with zero attached hydrogens (tertiary/aromatic N) is 1. The third kappa shape index (κ3) is 5.20. The molecule has 1 saturated heterocycles. The van der Waals surface area contributed by atoms with E-state index in [4.69, 9.17) is 14.2 Å². The molecule has 0 spiro atoms. The van der Waals surface area contributed by atoms with Gasteiger partial charge in [0.2, 0.25) is 0 Å². The fourth-order valence-electron chi connectivity index (χ4n) is 4.13. The summed E-state index contributed by atoms with van der Waals surface area (Å²) in [6.45, 7) is 3.23. The Hall–Kier alpha value is -2.68. The van der Waals surface area contributed by atoms with E-state index in [0.29, 0.717) is 24.0 Å². The number of piperidine rings is 1. The molecule has 0 unspecified atom stereocenters. The molecule has 0 aliphatic carbocycles. The summed E-state index contributed by atoms with van der Waals surface area (Å²) in [7, 11) is 1.54. The summed E-state index contributed by atoms with van der Waals surface area (Å²) >= 11 is 0. The van der Waals surface area contributed by atoms with Crippen LogP contribution in [0.2, 0.25) is 0 Å². The summed E-state index contributed by atoms with van der Waals surface area (Å²) in [4.78, 5) is 2.20. The second-order valence-corrected chi connectivity index (χ2v) is 8.11. The lowest BCUT2D eigenvalue weighted by atomic mass is 9.96. The maximum atomic E-state index is 13.4. The minimum atomic E-state index is -4.42. The number of benzene rings is 2. The maximum Gasteiger partial charge on any atom is 0.416 e. The van der Waals surface area contributed by atoms with Gasteiger partial charge in [0.25, 0.3) is 0 Å². The van der Waals surface area contributed by atoms with Crippen LogP contribution >= 0.6 is 0 Å². The van der Waals surface area contributed by atoms with Gasteiger partial charge in [0.15, 0.2) is 11.5 Å². The smallest absolute Gasteiger partial charge is 0.416 e. The van der Waals surface area contributed by atoms with Gasteiger partial charge in [0.05, 0.1) is 18.4 Å². The minimum absolute atomic E-state index is 0.124. The summed E-state index contributed by atoms with van der Waals surface area (Å²) in [6.07, 6.45) is -2.84. The number of hydrogen-bond donors (Lipinski definition) is 1. The van der Waals surface area contributed by atoms with Gasteiger partial charge in [-0.2, -0.15) is 13.2 Å². The number of ether oxygens (including phenoxy) is 3. The van der Waals surface area contributed by atoms with E-state index >= 15 is 0 Å². The maximum absolute atomic E-state index is 13.4. The summed E-state index contributed by atoms with van der Waals surface area (Å²) in [5.41, 5.74) is 0.142. The normalized spacial score (nSPS) is 19.2. The number of methoxy groups -OCH3 is 1. The van der Waals surface area contributed by atoms with E-state index in [0.717, 1.165) is 50.3 Å². The average Bonchev–Trinajstić information content (AvgIpc) is 2.78. The first-order valence-electron chi connectivity index (χ1n) is 10.6. The summed E-state index contributed by atoms with van der Waals surface area (Å²) in [6, 6.07) is 7.86. The minimum Gasteiger partial charge on any atom is -0.494 e. The summed E-state index contributed by atoms with van der Waals surface area (Å²) in [5, 5.41) is 3.37. The molecule has 0 aromatic heterocycles. The molecule has 0 saturated carbocycles. The van der Waals surface area contributed by atoms with E-state index in [1.165, 1.54) is 25.3 Å². The highest BCUT2D eigenvalue weighted by molar-refractivity contribution is 5.58. The Labute approximate surface area is 184 Å². The number of halogens is 4. The van der Waals surface area contributed by atoms with Crippen molar-refractivity contribution in [1.29, 1.82) is 0 Å². The van der Waals surface area contributed by atoms with Crippen LogP contribution in [0.4, 0.5) is 23.2 Å². The Morgan fingerprint density at radius 1 is 1.06 bits per heavy atom. The fraction of sp³-hybridized carbons (Fsp3) is 0.478. The third-order valence-corrected chi connectivity index (χ3v) is 5.89. The number of fused-ring (bicyclic) bond motifs is 1. The van der Waals surface area contributed by atoms with Crippen molar-refractivity contribution in [1.82, 2.24) is 5.32 Å². The molecular weight excluding hydrogens is 428 g/mol. The highest BCUT2D eigenvalue weighted by Crippen LogP contribution is 2.38. The van der Waals surface area contributed by atoms with E-state index in [1.54, 1.807) is 6.07 Å². The van der Waals surface area contributed by atoms with Gasteiger partial charge >= 0.3 is 6.18 Å². The standard InChI is InChI=1S/C23H26F4N2O3/c1-30-21-11-17(24)3-4-19(21)29-8-6-15(7-9-29)12-28-13-18-14-31-20-5-2-16(23(25,26)27)10-22(20)32-18/h2-5,10-11,15,18,28H,6-9,12-14H2,1H3/t18-/m0/s1. The lowest BCUT2D eigenvalue weighted by Gasteiger charge is -2.35. The van der Waals surface area contributed by atoms with Crippen LogP contribution in [0.5, 0.6) is 17.2 Å². The molecule has 0 radical (unpaired) electrons. The van der Waals surface area contributed by atoms with E-state index < -0.39 is 11.7 Å². The largest absolute Gasteiger partial charge is 0.494 e. The summed E-state index contributed by atoms with van der Waals surface area (Å²) in [5.74, 6) is 1.13. The SMILES string of the molecule is COc1cc(F)ccc1N1CCC(CNC[C@H]2COc3ccc(C(F)(F)F)cc3O2)CC1. The van der Waals surface area contributed by atoms with Crippen LogP contribution in [0, 0.1) is 11.7 Å². The lowest BCUT2D eigenvalue weighted by Crippen LogP contribution is -2.42. The van der Waals surface area contributed by atoms with Crippen LogP contribution in [0.1, 0.15) is 18.4 Å². The van der Waals surface area contributed by atoms with Crippen molar-refractivity contribution >= 4 is 5.69 Å². The predicted molar refractivity (Wildman–Crippen MR) is 112 cm³/mol. The molecule has 4 rings (SSSR count). The van der Waals surface area contributed by atoms with E-state index in [9.17, 15) is 17.6 Å². The molecule has 2 aromatic rings. The van der Waals surface area contributed by atoms with Gasteiger partial charge in [-0.15, -0.1) is 0 Å². The van der Waals surface area contributed by atoms with Gasteiger partial charge in [0.1, 0.15) is 24.3 Å². The number of alkyl halides is 3. The quantitative estimate of drug-likeness (QED) is 0.652. The fourth-order valence-corrected chi connectivity index (χ4v) is 4.13. The first-order valence-corrected chi connectivity index (χ1v) is 10.6. The zero-order chi connectivity index (χ0) is 22.7. The molecule has 1 N–H and O–H groups in total. The highest BCUT2D eigenvalue weighted by Gasteiger charge is 2.33. The molecule has 1 atom stereocenters. The first kappa shape index (κ1) is 22.5. The number of rotatable bonds is 6. The molecule has 2 aromatic carbocycles. The summed E-state index contributed by atoms with van der Waals surface area (Å²) < 4.78 is 68.8. The molecule has 2 heterocycles. The van der Waals surface area contributed by atoms with E-state index in [2.05, 4.69) is 10.2 Å². The third-order valence-electron chi connectivity index (χ3n) is 5.89. The number of nitrogens with one attached hydrogen (secondary N) is 1. The van der Waals surface area contributed by atoms with Crippen molar-refractivity contribution in [2.45, 2.75) is 25.1 Å². The first-order chi connectivity index (χ1) is 15.3. The Kier molecular flexibility index (Phi) is 6.64. The highest BCUT2D eigenvalue weighted by atomic mass is 19.4. The molecule has 2 aliphatic rings. The van der Waals surface area contributed by atoms with Crippen molar-refractivity contribution in [3.8, 4) is 17.2 Å². The van der Waals surface area contributed by atoms with Gasteiger partial charge in [-0.25, -0.2) is 4.39 Å². The zero-order valence-corrected chi connectivity index (χ0v) is 17.8. The van der Waals surface area contributed by atoms with Crippen LogP contribution in [0.25, 0.3) is 0 Å². The Balaban J connectivity index is 1.24. The molecule has 2 aliphatic heterocycles. The second-order valence-electron chi connectivity index (χ2n) is 8.11. The lowest BCUT2D eigenvalue weighted by molar-refractivity contribution is -0.137. The molecule has 0 bridgehead atoms. The molecule has 1 fully saturated rings. The van der Waals surface area contributed by atoms with Crippen LogP contribution in [-0.4, -0.2) is 46.0 Å². The van der Waals surface area contributed by atoms with Crippen molar-refractivity contribution in [3.05, 3.63) is 47.8 Å². The Bertz CT molecular complexity index is 930. The average molecular weight is 454 g/mol. The van der Waals surface area contributed by atoms with E-state index in [-0.39, 0.29) is 24.3 Å². The number of hydrogen-bond acceptors (Lipinski definition) is 5. The predicted octanol–water partition coefficient (Wildman–Crippen LogP) is 4.50. The van der Waals surface area contributed by atoms with Crippen LogP contribution in [0.3, 0.4) is 0 Å².